The number of hydrogen-bond donors (Lipinski definition) is 1. The summed E-state index contributed by atoms with van der Waals surface area (Å²) in [5, 5.41) is 2.59. The second-order valence-electron chi connectivity index (χ2n) is 5.92. The van der Waals surface area contributed by atoms with Crippen LogP contribution in [0.1, 0.15) is 18.1 Å². The molecule has 0 bridgehead atoms. The van der Waals surface area contributed by atoms with E-state index in [9.17, 15) is 14.0 Å². The molecule has 4 nitrogen and oxygen atoms in total. The van der Waals surface area contributed by atoms with Crippen LogP contribution in [0.4, 0.5) is 4.39 Å². The summed E-state index contributed by atoms with van der Waals surface area (Å²) in [4.78, 5) is 26.3. The van der Waals surface area contributed by atoms with Crippen molar-refractivity contribution in [2.45, 2.75) is 25.8 Å². The van der Waals surface area contributed by atoms with Crippen LogP contribution in [0.15, 0.2) is 54.6 Å². The third kappa shape index (κ3) is 5.41. The number of carbonyl (C=O) groups excluding carboxylic acids is 2. The SMILES string of the molecule is CNC(=O)C(C)N(CCc1ccccc1)C(=O)Cc1ccc(F)cc1. The molecular formula is C20H23FN2O2. The van der Waals surface area contributed by atoms with E-state index in [1.165, 1.54) is 12.1 Å². The van der Waals surface area contributed by atoms with Crippen LogP contribution in [0.5, 0.6) is 0 Å². The van der Waals surface area contributed by atoms with E-state index < -0.39 is 6.04 Å². The van der Waals surface area contributed by atoms with Crippen molar-refractivity contribution in [3.8, 4) is 0 Å². The highest BCUT2D eigenvalue weighted by molar-refractivity contribution is 5.88. The molecule has 1 atom stereocenters. The maximum Gasteiger partial charge on any atom is 0.242 e. The fourth-order valence-electron chi connectivity index (χ4n) is 2.66. The molecule has 2 aromatic rings. The standard InChI is InChI=1S/C20H23FN2O2/c1-15(20(25)22-2)23(13-12-16-6-4-3-5-7-16)19(24)14-17-8-10-18(21)11-9-17/h3-11,15H,12-14H2,1-2H3,(H,22,25). The van der Waals surface area contributed by atoms with Crippen molar-refractivity contribution in [3.63, 3.8) is 0 Å². The Balaban J connectivity index is 2.10. The second-order valence-corrected chi connectivity index (χ2v) is 5.92. The maximum absolute atomic E-state index is 13.0. The molecule has 0 saturated carbocycles. The molecule has 0 aliphatic rings. The summed E-state index contributed by atoms with van der Waals surface area (Å²) >= 11 is 0. The van der Waals surface area contributed by atoms with E-state index in [4.69, 9.17) is 0 Å². The van der Waals surface area contributed by atoms with Crippen molar-refractivity contribution in [1.29, 1.82) is 0 Å². The van der Waals surface area contributed by atoms with Crippen LogP contribution in [0.2, 0.25) is 0 Å². The minimum absolute atomic E-state index is 0.135. The molecule has 0 saturated heterocycles. The second kappa shape index (κ2) is 8.97. The van der Waals surface area contributed by atoms with Gasteiger partial charge in [0.25, 0.3) is 0 Å². The first kappa shape index (κ1) is 18.6. The maximum atomic E-state index is 13.0. The predicted molar refractivity (Wildman–Crippen MR) is 95.5 cm³/mol. The molecule has 0 radical (unpaired) electrons. The summed E-state index contributed by atoms with van der Waals surface area (Å²) in [6.07, 6.45) is 0.799. The number of likely N-dealkylation sites (N-methyl/N-ethyl adjacent to an activating group) is 1. The topological polar surface area (TPSA) is 49.4 Å². The third-order valence-electron chi connectivity index (χ3n) is 4.17. The predicted octanol–water partition coefficient (Wildman–Crippen LogP) is 2.57. The molecule has 132 valence electrons. The van der Waals surface area contributed by atoms with Crippen LogP contribution in [-0.2, 0) is 22.4 Å². The Labute approximate surface area is 147 Å². The highest BCUT2D eigenvalue weighted by Gasteiger charge is 2.25. The van der Waals surface area contributed by atoms with E-state index >= 15 is 0 Å². The molecule has 0 aliphatic carbocycles. The number of rotatable bonds is 7. The van der Waals surface area contributed by atoms with Gasteiger partial charge in [-0.15, -0.1) is 0 Å². The number of nitrogens with zero attached hydrogens (tertiary/aromatic N) is 1. The van der Waals surface area contributed by atoms with Gasteiger partial charge in [0.15, 0.2) is 0 Å². The van der Waals surface area contributed by atoms with E-state index in [-0.39, 0.29) is 24.1 Å². The molecule has 1 unspecified atom stereocenters. The van der Waals surface area contributed by atoms with Gasteiger partial charge in [-0.1, -0.05) is 42.5 Å². The highest BCUT2D eigenvalue weighted by Crippen LogP contribution is 2.10. The normalized spacial score (nSPS) is 11.6. The lowest BCUT2D eigenvalue weighted by Gasteiger charge is -2.28. The molecule has 1 N–H and O–H groups in total. The number of amides is 2. The van der Waals surface area contributed by atoms with Gasteiger partial charge in [-0.3, -0.25) is 9.59 Å². The summed E-state index contributed by atoms with van der Waals surface area (Å²) < 4.78 is 13.0. The molecular weight excluding hydrogens is 319 g/mol. The van der Waals surface area contributed by atoms with E-state index in [0.717, 1.165) is 11.1 Å². The number of carbonyl (C=O) groups is 2. The Hall–Kier alpha value is -2.69. The van der Waals surface area contributed by atoms with Gasteiger partial charge in [-0.2, -0.15) is 0 Å². The first-order valence-electron chi connectivity index (χ1n) is 8.30. The van der Waals surface area contributed by atoms with Gasteiger partial charge >= 0.3 is 0 Å². The Morgan fingerprint density at radius 3 is 2.28 bits per heavy atom. The Morgan fingerprint density at radius 2 is 1.68 bits per heavy atom. The summed E-state index contributed by atoms with van der Waals surface area (Å²) in [6, 6.07) is 15.1. The fourth-order valence-corrected chi connectivity index (χ4v) is 2.66. The zero-order valence-corrected chi connectivity index (χ0v) is 14.5. The number of nitrogens with one attached hydrogen (secondary N) is 1. The molecule has 0 spiro atoms. The Morgan fingerprint density at radius 1 is 1.04 bits per heavy atom. The zero-order chi connectivity index (χ0) is 18.2. The van der Waals surface area contributed by atoms with Gasteiger partial charge in [0, 0.05) is 13.6 Å². The quantitative estimate of drug-likeness (QED) is 0.841. The molecule has 2 rings (SSSR count). The summed E-state index contributed by atoms with van der Waals surface area (Å²) in [7, 11) is 1.55. The van der Waals surface area contributed by atoms with Crippen LogP contribution in [0, 0.1) is 5.82 Å². The summed E-state index contributed by atoms with van der Waals surface area (Å²) in [6.45, 7) is 2.16. The lowest BCUT2D eigenvalue weighted by molar-refractivity contribution is -0.139. The van der Waals surface area contributed by atoms with E-state index in [0.29, 0.717) is 13.0 Å². The van der Waals surface area contributed by atoms with Crippen molar-refractivity contribution < 1.29 is 14.0 Å². The Bertz CT molecular complexity index is 701. The fraction of sp³-hybridized carbons (Fsp3) is 0.300. The van der Waals surface area contributed by atoms with Crippen molar-refractivity contribution in [1.82, 2.24) is 10.2 Å². The van der Waals surface area contributed by atoms with Crippen molar-refractivity contribution in [3.05, 3.63) is 71.5 Å². The van der Waals surface area contributed by atoms with E-state index in [1.807, 2.05) is 30.3 Å². The van der Waals surface area contributed by atoms with Crippen LogP contribution >= 0.6 is 0 Å². The molecule has 5 heteroatoms. The number of benzene rings is 2. The largest absolute Gasteiger partial charge is 0.357 e. The number of halogens is 1. The Kier molecular flexibility index (Phi) is 6.69. The number of hydrogen-bond acceptors (Lipinski definition) is 2. The molecule has 0 aliphatic heterocycles. The van der Waals surface area contributed by atoms with Gasteiger partial charge in [-0.05, 0) is 36.6 Å². The van der Waals surface area contributed by atoms with Crippen LogP contribution < -0.4 is 5.32 Å². The monoisotopic (exact) mass is 342 g/mol. The van der Waals surface area contributed by atoms with Crippen LogP contribution in [-0.4, -0.2) is 36.3 Å². The van der Waals surface area contributed by atoms with Crippen LogP contribution in [0.3, 0.4) is 0 Å². The molecule has 0 fully saturated rings. The van der Waals surface area contributed by atoms with Crippen molar-refractivity contribution in [2.24, 2.45) is 0 Å². The molecule has 0 aromatic heterocycles. The van der Waals surface area contributed by atoms with E-state index in [2.05, 4.69) is 5.32 Å². The van der Waals surface area contributed by atoms with E-state index in [1.54, 1.807) is 31.0 Å². The third-order valence-corrected chi connectivity index (χ3v) is 4.17. The average Bonchev–Trinajstić information content (AvgIpc) is 2.63. The summed E-state index contributed by atoms with van der Waals surface area (Å²) in [5.41, 5.74) is 1.83. The smallest absolute Gasteiger partial charge is 0.242 e. The van der Waals surface area contributed by atoms with Gasteiger partial charge in [0.1, 0.15) is 11.9 Å². The molecule has 2 amide bonds. The zero-order valence-electron chi connectivity index (χ0n) is 14.5. The highest BCUT2D eigenvalue weighted by atomic mass is 19.1. The van der Waals surface area contributed by atoms with Gasteiger partial charge in [-0.25, -0.2) is 4.39 Å². The van der Waals surface area contributed by atoms with Gasteiger partial charge < -0.3 is 10.2 Å². The average molecular weight is 342 g/mol. The first-order valence-corrected chi connectivity index (χ1v) is 8.30. The minimum atomic E-state index is -0.568. The lowest BCUT2D eigenvalue weighted by atomic mass is 10.1. The molecule has 25 heavy (non-hydrogen) atoms. The summed E-state index contributed by atoms with van der Waals surface area (Å²) in [5.74, 6) is -0.699. The minimum Gasteiger partial charge on any atom is -0.357 e. The van der Waals surface area contributed by atoms with Gasteiger partial charge in [0.05, 0.1) is 6.42 Å². The van der Waals surface area contributed by atoms with Crippen molar-refractivity contribution in [2.75, 3.05) is 13.6 Å². The lowest BCUT2D eigenvalue weighted by Crippen LogP contribution is -2.48. The van der Waals surface area contributed by atoms with Gasteiger partial charge in [0.2, 0.25) is 11.8 Å². The first-order chi connectivity index (χ1) is 12.0. The van der Waals surface area contributed by atoms with Crippen molar-refractivity contribution >= 4 is 11.8 Å². The molecule has 0 heterocycles. The molecule has 2 aromatic carbocycles. The van der Waals surface area contributed by atoms with Crippen LogP contribution in [0.25, 0.3) is 0 Å².